The maximum Gasteiger partial charge on any atom is 0.120 e. The van der Waals surface area contributed by atoms with Crippen molar-refractivity contribution in [3.8, 4) is 5.75 Å². The van der Waals surface area contributed by atoms with Crippen LogP contribution in [-0.4, -0.2) is 12.6 Å². The fraction of sp³-hybridized carbons (Fsp3) is 0.600. The van der Waals surface area contributed by atoms with E-state index in [9.17, 15) is 0 Å². The first-order valence-electron chi connectivity index (χ1n) is 6.44. The van der Waals surface area contributed by atoms with Crippen LogP contribution in [0.25, 0.3) is 0 Å². The van der Waals surface area contributed by atoms with Crippen LogP contribution in [0.1, 0.15) is 46.1 Å². The van der Waals surface area contributed by atoms with Crippen LogP contribution in [0.4, 0.5) is 0 Å². The largest absolute Gasteiger partial charge is 0.489 e. The molecule has 0 aliphatic heterocycles. The normalized spacial score (nSPS) is 13.5. The number of hydrogen-bond donors (Lipinski definition) is 1. The highest BCUT2D eigenvalue weighted by molar-refractivity contribution is 5.32. The summed E-state index contributed by atoms with van der Waals surface area (Å²) in [6.45, 7) is 9.35. The maximum atomic E-state index is 5.91. The lowest BCUT2D eigenvalue weighted by Crippen LogP contribution is -2.26. The predicted molar refractivity (Wildman–Crippen MR) is 73.5 cm³/mol. The second kappa shape index (κ2) is 6.06. The van der Waals surface area contributed by atoms with E-state index in [2.05, 4.69) is 45.9 Å². The summed E-state index contributed by atoms with van der Waals surface area (Å²) >= 11 is 0. The summed E-state index contributed by atoms with van der Waals surface area (Å²) in [5, 5.41) is 0. The molecule has 0 saturated carbocycles. The van der Waals surface area contributed by atoms with Crippen molar-refractivity contribution in [1.29, 1.82) is 0 Å². The van der Waals surface area contributed by atoms with Crippen molar-refractivity contribution in [3.63, 3.8) is 0 Å². The Kier molecular flexibility index (Phi) is 5.01. The smallest absolute Gasteiger partial charge is 0.120 e. The van der Waals surface area contributed by atoms with Crippen LogP contribution in [0.2, 0.25) is 0 Å². The molecular formula is C15H25NO. The molecule has 96 valence electrons. The average molecular weight is 235 g/mol. The van der Waals surface area contributed by atoms with Gasteiger partial charge in [-0.3, -0.25) is 0 Å². The summed E-state index contributed by atoms with van der Waals surface area (Å²) in [5.74, 6) is 0.932. The Bertz CT molecular complexity index is 341. The van der Waals surface area contributed by atoms with E-state index in [-0.39, 0.29) is 11.5 Å². The Morgan fingerprint density at radius 3 is 2.53 bits per heavy atom. The molecule has 17 heavy (non-hydrogen) atoms. The van der Waals surface area contributed by atoms with Crippen LogP contribution < -0.4 is 10.5 Å². The summed E-state index contributed by atoms with van der Waals surface area (Å²) in [5.41, 5.74) is 7.15. The lowest BCUT2D eigenvalue weighted by atomic mass is 9.87. The fourth-order valence-electron chi connectivity index (χ4n) is 1.78. The molecule has 0 fully saturated rings. The van der Waals surface area contributed by atoms with E-state index < -0.39 is 0 Å². The van der Waals surface area contributed by atoms with E-state index in [1.54, 1.807) is 0 Å². The molecule has 1 aromatic carbocycles. The monoisotopic (exact) mass is 235 g/mol. The van der Waals surface area contributed by atoms with E-state index in [4.69, 9.17) is 10.5 Å². The standard InChI is InChI=1S/C15H25NO/c1-5-7-14(11-16)17-13-9-6-8-12(10-13)15(2,3)4/h6,8-10,14H,5,7,11,16H2,1-4H3. The average Bonchev–Trinajstić information content (AvgIpc) is 2.28. The van der Waals surface area contributed by atoms with Gasteiger partial charge in [-0.2, -0.15) is 0 Å². The van der Waals surface area contributed by atoms with Crippen LogP contribution in [0.3, 0.4) is 0 Å². The highest BCUT2D eigenvalue weighted by atomic mass is 16.5. The van der Waals surface area contributed by atoms with Crippen molar-refractivity contribution in [1.82, 2.24) is 0 Å². The minimum absolute atomic E-state index is 0.134. The number of nitrogens with two attached hydrogens (primary N) is 1. The highest BCUT2D eigenvalue weighted by Gasteiger charge is 2.15. The number of rotatable bonds is 5. The zero-order valence-corrected chi connectivity index (χ0v) is 11.5. The van der Waals surface area contributed by atoms with E-state index in [1.807, 2.05) is 6.07 Å². The molecule has 2 heteroatoms. The Morgan fingerprint density at radius 2 is 2.00 bits per heavy atom. The molecular weight excluding hydrogens is 210 g/mol. The lowest BCUT2D eigenvalue weighted by molar-refractivity contribution is 0.197. The van der Waals surface area contributed by atoms with Crippen molar-refractivity contribution >= 4 is 0 Å². The summed E-state index contributed by atoms with van der Waals surface area (Å²) in [7, 11) is 0. The molecule has 1 unspecified atom stereocenters. The van der Waals surface area contributed by atoms with Gasteiger partial charge in [0.15, 0.2) is 0 Å². The second-order valence-electron chi connectivity index (χ2n) is 5.54. The Hall–Kier alpha value is -1.02. The third-order valence-corrected chi connectivity index (χ3v) is 2.88. The van der Waals surface area contributed by atoms with Gasteiger partial charge in [-0.05, 0) is 29.5 Å². The van der Waals surface area contributed by atoms with Gasteiger partial charge in [0.25, 0.3) is 0 Å². The fourth-order valence-corrected chi connectivity index (χ4v) is 1.78. The molecule has 0 saturated heterocycles. The van der Waals surface area contributed by atoms with Gasteiger partial charge in [0, 0.05) is 6.54 Å². The van der Waals surface area contributed by atoms with E-state index in [1.165, 1.54) is 5.56 Å². The second-order valence-corrected chi connectivity index (χ2v) is 5.54. The van der Waals surface area contributed by atoms with E-state index >= 15 is 0 Å². The van der Waals surface area contributed by atoms with Crippen LogP contribution in [0.5, 0.6) is 5.75 Å². The zero-order valence-electron chi connectivity index (χ0n) is 11.5. The van der Waals surface area contributed by atoms with Crippen LogP contribution in [0, 0.1) is 0 Å². The van der Waals surface area contributed by atoms with Gasteiger partial charge < -0.3 is 10.5 Å². The molecule has 0 heterocycles. The summed E-state index contributed by atoms with van der Waals surface area (Å²) in [4.78, 5) is 0. The SMILES string of the molecule is CCCC(CN)Oc1cccc(C(C)(C)C)c1. The van der Waals surface area contributed by atoms with E-state index in [0.29, 0.717) is 6.54 Å². The summed E-state index contributed by atoms with van der Waals surface area (Å²) < 4.78 is 5.91. The minimum Gasteiger partial charge on any atom is -0.489 e. The van der Waals surface area contributed by atoms with Crippen molar-refractivity contribution in [3.05, 3.63) is 29.8 Å². The Morgan fingerprint density at radius 1 is 1.29 bits per heavy atom. The first-order valence-corrected chi connectivity index (χ1v) is 6.44. The summed E-state index contributed by atoms with van der Waals surface area (Å²) in [6, 6.07) is 8.32. The van der Waals surface area contributed by atoms with Gasteiger partial charge in [0.2, 0.25) is 0 Å². The molecule has 0 aliphatic carbocycles. The predicted octanol–water partition coefficient (Wildman–Crippen LogP) is 3.49. The quantitative estimate of drug-likeness (QED) is 0.848. The molecule has 0 aromatic heterocycles. The molecule has 1 rings (SSSR count). The molecule has 2 nitrogen and oxygen atoms in total. The number of ether oxygens (including phenoxy) is 1. The minimum atomic E-state index is 0.134. The topological polar surface area (TPSA) is 35.2 Å². The first-order chi connectivity index (χ1) is 7.97. The van der Waals surface area contributed by atoms with Crippen LogP contribution >= 0.6 is 0 Å². The van der Waals surface area contributed by atoms with E-state index in [0.717, 1.165) is 18.6 Å². The third-order valence-electron chi connectivity index (χ3n) is 2.88. The highest BCUT2D eigenvalue weighted by Crippen LogP contribution is 2.26. The molecule has 0 radical (unpaired) electrons. The molecule has 0 aliphatic rings. The lowest BCUT2D eigenvalue weighted by Gasteiger charge is -2.22. The summed E-state index contributed by atoms with van der Waals surface area (Å²) in [6.07, 6.45) is 2.24. The van der Waals surface area contributed by atoms with Gasteiger partial charge in [-0.1, -0.05) is 46.2 Å². The van der Waals surface area contributed by atoms with Crippen molar-refractivity contribution in [2.75, 3.05) is 6.54 Å². The maximum absolute atomic E-state index is 5.91. The zero-order chi connectivity index (χ0) is 12.9. The van der Waals surface area contributed by atoms with Crippen molar-refractivity contribution in [2.45, 2.75) is 52.1 Å². The third kappa shape index (κ3) is 4.39. The molecule has 2 N–H and O–H groups in total. The van der Waals surface area contributed by atoms with Gasteiger partial charge >= 0.3 is 0 Å². The van der Waals surface area contributed by atoms with Gasteiger partial charge in [-0.25, -0.2) is 0 Å². The van der Waals surface area contributed by atoms with Gasteiger partial charge in [-0.15, -0.1) is 0 Å². The van der Waals surface area contributed by atoms with Crippen LogP contribution in [-0.2, 0) is 5.41 Å². The molecule has 1 aromatic rings. The van der Waals surface area contributed by atoms with Crippen molar-refractivity contribution < 1.29 is 4.74 Å². The number of benzene rings is 1. The van der Waals surface area contributed by atoms with Gasteiger partial charge in [0.05, 0.1) is 0 Å². The molecule has 0 bridgehead atoms. The number of hydrogen-bond acceptors (Lipinski definition) is 2. The Labute approximate surface area is 105 Å². The van der Waals surface area contributed by atoms with Crippen molar-refractivity contribution in [2.24, 2.45) is 5.73 Å². The van der Waals surface area contributed by atoms with Gasteiger partial charge in [0.1, 0.15) is 11.9 Å². The molecule has 0 amide bonds. The first kappa shape index (κ1) is 14.0. The Balaban J connectivity index is 2.78. The van der Waals surface area contributed by atoms with Crippen LogP contribution in [0.15, 0.2) is 24.3 Å². The molecule has 0 spiro atoms. The molecule has 1 atom stereocenters.